The molecule has 0 fully saturated rings. The topological polar surface area (TPSA) is 65.2 Å². The Morgan fingerprint density at radius 3 is 0.900 bits per heavy atom. The molecule has 0 heterocycles. The van der Waals surface area contributed by atoms with Crippen LogP contribution >= 0.6 is 0 Å². The van der Waals surface area contributed by atoms with E-state index in [4.69, 9.17) is 9.98 Å². The van der Waals surface area contributed by atoms with Crippen LogP contribution < -0.4 is 31.1 Å². The molecule has 60 heavy (non-hydrogen) atoms. The highest BCUT2D eigenvalue weighted by molar-refractivity contribution is 7.11. The molecule has 0 spiro atoms. The molecule has 0 aliphatic rings. The van der Waals surface area contributed by atoms with Gasteiger partial charge in [-0.15, -0.1) is 0 Å². The second-order valence-corrected chi connectivity index (χ2v) is 23.4. The molecule has 294 valence electrons. The lowest BCUT2D eigenvalue weighted by molar-refractivity contribution is 0.477. The van der Waals surface area contributed by atoms with Gasteiger partial charge in [0.2, 0.25) is 0 Å². The number of hydrogen-bond donors (Lipinski definition) is 2. The maximum atomic E-state index is 12.2. The Labute approximate surface area is 355 Å². The van der Waals surface area contributed by atoms with E-state index in [2.05, 4.69) is 147 Å². The van der Waals surface area contributed by atoms with Gasteiger partial charge in [0.25, 0.3) is 0 Å². The molecule has 0 amide bonds. The highest BCUT2D eigenvalue weighted by Gasteiger charge is 2.38. The van der Waals surface area contributed by atoms with E-state index >= 15 is 0 Å². The monoisotopic (exact) mass is 812 g/mol. The number of benzene rings is 8. The molecule has 0 saturated heterocycles. The van der Waals surface area contributed by atoms with Gasteiger partial charge in [0.05, 0.1) is 0 Å². The Balaban J connectivity index is 1.22. The maximum absolute atomic E-state index is 12.2. The second-order valence-electron chi connectivity index (χ2n) is 15.5. The quantitative estimate of drug-likeness (QED) is 0.0700. The summed E-state index contributed by atoms with van der Waals surface area (Å²) in [7, 11) is -5.24. The number of nitrogens with zero attached hydrogens (tertiary/aromatic N) is 2. The molecule has 0 aliphatic carbocycles. The molecule has 4 nitrogen and oxygen atoms in total. The van der Waals surface area contributed by atoms with Crippen molar-refractivity contribution in [2.24, 2.45) is 9.98 Å². The van der Waals surface area contributed by atoms with Crippen molar-refractivity contribution in [3.63, 3.8) is 0 Å². The van der Waals surface area contributed by atoms with E-state index in [1.807, 2.05) is 97.4 Å². The van der Waals surface area contributed by atoms with Gasteiger partial charge in [-0.2, -0.15) is 0 Å². The van der Waals surface area contributed by atoms with Crippen LogP contribution in [0.2, 0.25) is 13.1 Å². The minimum atomic E-state index is -2.62. The average Bonchev–Trinajstić information content (AvgIpc) is 3.32. The van der Waals surface area contributed by atoms with Crippen molar-refractivity contribution in [2.45, 2.75) is 25.2 Å². The highest BCUT2D eigenvalue weighted by Crippen LogP contribution is 2.36. The Hall–Kier alpha value is -6.87. The second kappa shape index (κ2) is 18.0. The molecule has 0 bridgehead atoms. The van der Waals surface area contributed by atoms with Crippen molar-refractivity contribution in [1.82, 2.24) is 0 Å². The van der Waals surface area contributed by atoms with Gasteiger partial charge in [-0.1, -0.05) is 219 Å². The van der Waals surface area contributed by atoms with Crippen LogP contribution in [-0.2, 0) is 0 Å². The number of aliphatic imine (C=N–C) groups is 2. The zero-order chi connectivity index (χ0) is 41.4. The van der Waals surface area contributed by atoms with Crippen molar-refractivity contribution in [3.05, 3.63) is 241 Å². The van der Waals surface area contributed by atoms with Gasteiger partial charge in [-0.25, -0.2) is 0 Å². The fourth-order valence-electron chi connectivity index (χ4n) is 8.50. The molecule has 0 radical (unpaired) electrons. The smallest absolute Gasteiger partial charge is 0.150 e. The minimum absolute atomic E-state index is 0.237. The molecule has 8 rings (SSSR count). The zero-order valence-corrected chi connectivity index (χ0v) is 35.9. The molecule has 6 heteroatoms. The van der Waals surface area contributed by atoms with Crippen LogP contribution in [0.15, 0.2) is 228 Å². The van der Waals surface area contributed by atoms with Gasteiger partial charge in [-0.3, -0.25) is 9.98 Å². The van der Waals surface area contributed by atoms with Gasteiger partial charge in [0, 0.05) is 23.6 Å². The first-order valence-corrected chi connectivity index (χ1v) is 25.4. The Morgan fingerprint density at radius 2 is 0.617 bits per heavy atom. The summed E-state index contributed by atoms with van der Waals surface area (Å²) in [4.78, 5) is 10.6. The summed E-state index contributed by atoms with van der Waals surface area (Å²) < 4.78 is 0. The number of phenolic OH excluding ortho intramolecular Hbond substituents is 2. The Morgan fingerprint density at radius 1 is 0.350 bits per heavy atom. The molecule has 0 saturated carbocycles. The van der Waals surface area contributed by atoms with Crippen molar-refractivity contribution in [2.75, 3.05) is 0 Å². The van der Waals surface area contributed by atoms with Gasteiger partial charge in [0.15, 0.2) is 0 Å². The third-order valence-electron chi connectivity index (χ3n) is 11.9. The van der Waals surface area contributed by atoms with Crippen molar-refractivity contribution < 1.29 is 10.2 Å². The largest absolute Gasteiger partial charge is 0.507 e. The van der Waals surface area contributed by atoms with E-state index in [1.54, 1.807) is 0 Å². The minimum Gasteiger partial charge on any atom is -0.507 e. The molecule has 8 aromatic rings. The summed E-state index contributed by atoms with van der Waals surface area (Å²) in [5.74, 6) is 0.473. The molecular formula is C54H48N2O2Si2. The molecule has 0 unspecified atom stereocenters. The van der Waals surface area contributed by atoms with Crippen LogP contribution in [0.5, 0.6) is 11.5 Å². The molecular weight excluding hydrogens is 765 g/mol. The summed E-state index contributed by atoms with van der Waals surface area (Å²) in [5.41, 5.74) is 3.25. The van der Waals surface area contributed by atoms with Gasteiger partial charge in [-0.05, 0) is 54.4 Å². The molecule has 0 aromatic heterocycles. The first-order chi connectivity index (χ1) is 29.4. The number of phenols is 2. The Kier molecular flexibility index (Phi) is 12.0. The van der Waals surface area contributed by atoms with Crippen LogP contribution in [0.25, 0.3) is 0 Å². The van der Waals surface area contributed by atoms with E-state index in [1.165, 1.54) is 20.7 Å². The van der Waals surface area contributed by atoms with Gasteiger partial charge in [0.1, 0.15) is 39.7 Å². The first kappa shape index (κ1) is 39.9. The number of rotatable bonds is 13. The first-order valence-electron chi connectivity index (χ1n) is 20.4. The van der Waals surface area contributed by atoms with Crippen LogP contribution in [0.3, 0.4) is 0 Å². The van der Waals surface area contributed by atoms with E-state index < -0.39 is 28.2 Å². The number of hydrogen-bond acceptors (Lipinski definition) is 4. The van der Waals surface area contributed by atoms with Crippen LogP contribution in [0.1, 0.15) is 34.3 Å². The third kappa shape index (κ3) is 7.95. The summed E-state index contributed by atoms with van der Waals surface area (Å²) >= 11 is 0. The van der Waals surface area contributed by atoms with E-state index in [-0.39, 0.29) is 11.5 Å². The lowest BCUT2D eigenvalue weighted by atomic mass is 9.94. The van der Waals surface area contributed by atoms with Crippen molar-refractivity contribution in [1.29, 1.82) is 0 Å². The van der Waals surface area contributed by atoms with Crippen LogP contribution in [0, 0.1) is 0 Å². The molecule has 0 aliphatic heterocycles. The standard InChI is InChI=1S/C54H48N2O2Si2/c1-59(45-29-13-5-14-30-45,46-31-15-6-16-32-46)49-37-21-27-43(53(49)57)39-55-51(41-23-9-3-10-24-41)52(42-25-11-4-12-26-42)56-40-44-28-22-38-50(54(44)58)60(2,47-33-17-7-18-34-47)48-35-19-8-20-36-48/h3-40,51-52,57-58H,1-2H3/t51-,52-/m1/s1. The van der Waals surface area contributed by atoms with Crippen molar-refractivity contribution >= 4 is 59.7 Å². The van der Waals surface area contributed by atoms with Gasteiger partial charge >= 0.3 is 0 Å². The normalized spacial score (nSPS) is 13.0. The molecule has 2 N–H and O–H groups in total. The van der Waals surface area contributed by atoms with E-state index in [0.29, 0.717) is 11.1 Å². The van der Waals surface area contributed by atoms with E-state index in [9.17, 15) is 10.2 Å². The summed E-state index contributed by atoms with van der Waals surface area (Å²) in [6, 6.07) is 73.6. The molecule has 2 atom stereocenters. The average molecular weight is 813 g/mol. The Bertz CT molecular complexity index is 2430. The predicted octanol–water partition coefficient (Wildman–Crippen LogP) is 8.32. The van der Waals surface area contributed by atoms with Crippen LogP contribution in [0.4, 0.5) is 0 Å². The highest BCUT2D eigenvalue weighted by atomic mass is 28.3. The van der Waals surface area contributed by atoms with Crippen molar-refractivity contribution in [3.8, 4) is 11.5 Å². The third-order valence-corrected chi connectivity index (χ3v) is 20.9. The fourth-order valence-corrected chi connectivity index (χ4v) is 15.9. The number of para-hydroxylation sites is 2. The fraction of sp³-hybridized carbons (Fsp3) is 0.0741. The maximum Gasteiger partial charge on any atom is 0.150 e. The zero-order valence-electron chi connectivity index (χ0n) is 33.9. The summed E-state index contributed by atoms with van der Waals surface area (Å²) in [5, 5.41) is 31.1. The summed E-state index contributed by atoms with van der Waals surface area (Å²) in [6.45, 7) is 4.60. The molecule has 8 aromatic carbocycles. The SMILES string of the molecule is C[Si](c1ccccc1)(c1ccccc1)c1cccc(C=N[C@H](c2ccccc2)[C@H](N=Cc2cccc([Si](C)(c3ccccc3)c3ccccc3)c2O)c2ccccc2)c1O. The lowest BCUT2D eigenvalue weighted by Gasteiger charge is -2.30. The number of aromatic hydroxyl groups is 2. The van der Waals surface area contributed by atoms with Crippen LogP contribution in [-0.4, -0.2) is 38.8 Å². The van der Waals surface area contributed by atoms with Gasteiger partial charge < -0.3 is 10.2 Å². The lowest BCUT2D eigenvalue weighted by Crippen LogP contribution is -2.64. The summed E-state index contributed by atoms with van der Waals surface area (Å²) in [6.07, 6.45) is 3.61. The van der Waals surface area contributed by atoms with E-state index in [0.717, 1.165) is 21.5 Å². The predicted molar refractivity (Wildman–Crippen MR) is 257 cm³/mol.